The van der Waals surface area contributed by atoms with Crippen molar-refractivity contribution in [3.8, 4) is 0 Å². The number of thioether (sulfide) groups is 1. The third-order valence-corrected chi connectivity index (χ3v) is 8.77. The number of anilines is 1. The van der Waals surface area contributed by atoms with Gasteiger partial charge in [0.2, 0.25) is 10.0 Å². The Morgan fingerprint density at radius 3 is 2.81 bits per heavy atom. The van der Waals surface area contributed by atoms with Gasteiger partial charge in [0, 0.05) is 29.4 Å². The summed E-state index contributed by atoms with van der Waals surface area (Å²) in [4.78, 5) is 14.2. The summed E-state index contributed by atoms with van der Waals surface area (Å²) in [7, 11) is -3.32. The highest BCUT2D eigenvalue weighted by atomic mass is 32.2. The molecule has 0 radical (unpaired) electrons. The number of carbonyl (C=O) groups is 1. The van der Waals surface area contributed by atoms with E-state index in [0.29, 0.717) is 23.8 Å². The fourth-order valence-corrected chi connectivity index (χ4v) is 6.71. The minimum absolute atomic E-state index is 0.0134. The lowest BCUT2D eigenvalue weighted by Gasteiger charge is -2.29. The predicted octanol–water partition coefficient (Wildman–Crippen LogP) is 3.95. The molecule has 2 aliphatic rings. The Balaban J connectivity index is 1.31. The molecule has 1 saturated carbocycles. The Labute approximate surface area is 195 Å². The van der Waals surface area contributed by atoms with Gasteiger partial charge in [0.05, 0.1) is 17.7 Å². The molecule has 32 heavy (non-hydrogen) atoms. The van der Waals surface area contributed by atoms with Crippen LogP contribution in [0.25, 0.3) is 0 Å². The number of fused-ring (bicyclic) bond motifs is 1. The topological polar surface area (TPSA) is 85.2 Å². The highest BCUT2D eigenvalue weighted by Gasteiger charge is 2.30. The maximum absolute atomic E-state index is 12.9. The van der Waals surface area contributed by atoms with Gasteiger partial charge in [-0.3, -0.25) is 9.10 Å². The van der Waals surface area contributed by atoms with Crippen LogP contribution in [-0.2, 0) is 22.9 Å². The number of aryl methyl sites for hydroxylation is 1. The van der Waals surface area contributed by atoms with Crippen LogP contribution in [0.15, 0.2) is 40.9 Å². The summed E-state index contributed by atoms with van der Waals surface area (Å²) in [5.41, 5.74) is 2.22. The van der Waals surface area contributed by atoms with Crippen molar-refractivity contribution in [2.24, 2.45) is 0 Å². The SMILES string of the molecule is CS(=O)(=O)N1CCCc2cc(C(=O)CSc3nnc(Cc4cccs4)n3C3CC3)ccc21. The zero-order valence-corrected chi connectivity index (χ0v) is 20.2. The molecule has 0 bridgehead atoms. The quantitative estimate of drug-likeness (QED) is 0.353. The first-order valence-electron chi connectivity index (χ1n) is 10.6. The Morgan fingerprint density at radius 1 is 1.25 bits per heavy atom. The van der Waals surface area contributed by atoms with Crippen molar-refractivity contribution in [2.45, 2.75) is 43.3 Å². The molecular weight excluding hydrogens is 464 g/mol. The van der Waals surface area contributed by atoms with Crippen molar-refractivity contribution in [3.05, 3.63) is 57.5 Å². The van der Waals surface area contributed by atoms with Crippen LogP contribution < -0.4 is 4.31 Å². The van der Waals surface area contributed by atoms with Gasteiger partial charge in [0.25, 0.3) is 0 Å². The summed E-state index contributed by atoms with van der Waals surface area (Å²) < 4.78 is 27.8. The number of ketones is 1. The van der Waals surface area contributed by atoms with E-state index >= 15 is 0 Å². The van der Waals surface area contributed by atoms with Crippen LogP contribution in [0, 0.1) is 0 Å². The zero-order valence-electron chi connectivity index (χ0n) is 17.7. The summed E-state index contributed by atoms with van der Waals surface area (Å²) >= 11 is 3.14. The lowest BCUT2D eigenvalue weighted by Crippen LogP contribution is -2.34. The van der Waals surface area contributed by atoms with Gasteiger partial charge in [-0.15, -0.1) is 21.5 Å². The summed E-state index contributed by atoms with van der Waals surface area (Å²) in [6.45, 7) is 0.486. The molecule has 0 N–H and O–H groups in total. The molecule has 0 unspecified atom stereocenters. The van der Waals surface area contributed by atoms with E-state index in [1.54, 1.807) is 23.5 Å². The molecule has 1 aromatic carbocycles. The second kappa shape index (κ2) is 8.64. The molecule has 7 nitrogen and oxygen atoms in total. The minimum atomic E-state index is -3.32. The van der Waals surface area contributed by atoms with Crippen molar-refractivity contribution in [1.82, 2.24) is 14.8 Å². The number of benzene rings is 1. The van der Waals surface area contributed by atoms with E-state index in [9.17, 15) is 13.2 Å². The second-order valence-corrected chi connectivity index (χ2v) is 12.1. The molecule has 3 heterocycles. The summed E-state index contributed by atoms with van der Waals surface area (Å²) in [5.74, 6) is 1.25. The molecule has 1 aliphatic heterocycles. The number of rotatable bonds is 8. The number of aromatic nitrogens is 3. The third-order valence-electron chi connectivity index (χ3n) is 5.77. The molecule has 1 aliphatic carbocycles. The lowest BCUT2D eigenvalue weighted by molar-refractivity contribution is 0.102. The number of hydrogen-bond acceptors (Lipinski definition) is 7. The Bertz CT molecular complexity index is 1250. The van der Waals surface area contributed by atoms with Crippen LogP contribution in [0.2, 0.25) is 0 Å². The van der Waals surface area contributed by atoms with E-state index in [0.717, 1.165) is 48.6 Å². The van der Waals surface area contributed by atoms with Crippen molar-refractivity contribution in [2.75, 3.05) is 22.9 Å². The van der Waals surface area contributed by atoms with Crippen LogP contribution in [0.3, 0.4) is 0 Å². The van der Waals surface area contributed by atoms with Crippen molar-refractivity contribution in [1.29, 1.82) is 0 Å². The van der Waals surface area contributed by atoms with E-state index in [-0.39, 0.29) is 11.5 Å². The molecule has 10 heteroatoms. The third kappa shape index (κ3) is 4.49. The average Bonchev–Trinajstić information content (AvgIpc) is 3.32. The molecule has 3 aromatic rings. The Kier molecular flexibility index (Phi) is 5.85. The molecule has 0 atom stereocenters. The minimum Gasteiger partial charge on any atom is -0.303 e. The Hall–Kier alpha value is -2.17. The van der Waals surface area contributed by atoms with Gasteiger partial charge >= 0.3 is 0 Å². The normalized spacial score (nSPS) is 16.2. The van der Waals surface area contributed by atoms with E-state index in [1.807, 2.05) is 12.1 Å². The van der Waals surface area contributed by atoms with Gasteiger partial charge in [-0.1, -0.05) is 17.8 Å². The molecule has 168 valence electrons. The van der Waals surface area contributed by atoms with Gasteiger partial charge in [0.15, 0.2) is 10.9 Å². The highest BCUT2D eigenvalue weighted by molar-refractivity contribution is 7.99. The highest BCUT2D eigenvalue weighted by Crippen LogP contribution is 2.39. The number of nitrogens with zero attached hydrogens (tertiary/aromatic N) is 4. The van der Waals surface area contributed by atoms with Gasteiger partial charge < -0.3 is 4.57 Å². The van der Waals surface area contributed by atoms with Gasteiger partial charge in [-0.05, 0) is 60.9 Å². The molecule has 0 spiro atoms. The van der Waals surface area contributed by atoms with Crippen LogP contribution in [0.5, 0.6) is 0 Å². The van der Waals surface area contributed by atoms with E-state index < -0.39 is 10.0 Å². The van der Waals surface area contributed by atoms with Crippen molar-refractivity contribution in [3.63, 3.8) is 0 Å². The van der Waals surface area contributed by atoms with E-state index in [2.05, 4.69) is 26.2 Å². The maximum Gasteiger partial charge on any atom is 0.232 e. The van der Waals surface area contributed by atoms with Crippen molar-refractivity contribution >= 4 is 44.6 Å². The first-order valence-corrected chi connectivity index (χ1v) is 14.3. The number of carbonyl (C=O) groups excluding carboxylic acids is 1. The standard InChI is InChI=1S/C22H24N4O3S3/c1-32(28,29)25-10-2-4-15-12-16(6-9-19(15)25)20(27)14-31-22-24-23-21(26(22)17-7-8-17)13-18-5-3-11-30-18/h3,5-6,9,11-12,17H,2,4,7-8,10,13-14H2,1H3. The van der Waals surface area contributed by atoms with Crippen LogP contribution >= 0.6 is 23.1 Å². The summed E-state index contributed by atoms with van der Waals surface area (Å²) in [6.07, 6.45) is 5.76. The predicted molar refractivity (Wildman–Crippen MR) is 127 cm³/mol. The smallest absolute Gasteiger partial charge is 0.232 e. The fourth-order valence-electron chi connectivity index (χ4n) is 4.09. The first kappa shape index (κ1) is 21.7. The molecule has 1 fully saturated rings. The molecule has 2 aromatic heterocycles. The van der Waals surface area contributed by atoms with Crippen LogP contribution in [-0.4, -0.2) is 47.5 Å². The lowest BCUT2D eigenvalue weighted by atomic mass is 9.99. The molecule has 0 amide bonds. The monoisotopic (exact) mass is 488 g/mol. The van der Waals surface area contributed by atoms with Gasteiger partial charge in [-0.25, -0.2) is 8.42 Å². The number of Topliss-reactive ketones (excluding diaryl/α,β-unsaturated/α-hetero) is 1. The maximum atomic E-state index is 12.9. The van der Waals surface area contributed by atoms with Gasteiger partial charge in [-0.2, -0.15) is 0 Å². The largest absolute Gasteiger partial charge is 0.303 e. The number of hydrogen-bond donors (Lipinski definition) is 0. The summed E-state index contributed by atoms with van der Waals surface area (Å²) in [5, 5.41) is 11.7. The van der Waals surface area contributed by atoms with Crippen molar-refractivity contribution < 1.29 is 13.2 Å². The molecule has 5 rings (SSSR count). The number of thiophene rings is 1. The Morgan fingerprint density at radius 2 is 2.09 bits per heavy atom. The second-order valence-electron chi connectivity index (χ2n) is 8.25. The van der Waals surface area contributed by atoms with E-state index in [4.69, 9.17) is 0 Å². The molecular formula is C22H24N4O3S3. The average molecular weight is 489 g/mol. The first-order chi connectivity index (χ1) is 15.4. The van der Waals surface area contributed by atoms with Crippen LogP contribution in [0.1, 0.15) is 51.9 Å². The zero-order chi connectivity index (χ0) is 22.3. The fraction of sp³-hybridized carbons (Fsp3) is 0.409. The summed E-state index contributed by atoms with van der Waals surface area (Å²) in [6, 6.07) is 9.93. The van der Waals surface area contributed by atoms with E-state index in [1.165, 1.54) is 27.2 Å². The van der Waals surface area contributed by atoms with Gasteiger partial charge in [0.1, 0.15) is 5.82 Å². The number of sulfonamides is 1. The van der Waals surface area contributed by atoms with Crippen LogP contribution in [0.4, 0.5) is 5.69 Å². The molecule has 0 saturated heterocycles.